The zero-order valence-electron chi connectivity index (χ0n) is 8.79. The van der Waals surface area contributed by atoms with Crippen LogP contribution in [0.15, 0.2) is 12.2 Å². The van der Waals surface area contributed by atoms with E-state index in [0.717, 1.165) is 19.3 Å². The lowest BCUT2D eigenvalue weighted by atomic mass is 9.72. The Hall–Kier alpha value is -0.790. The SMILES string of the molecule is C[C](C)CC12C=CC(CC1C(=O)O)C2. The van der Waals surface area contributed by atoms with Gasteiger partial charge in [-0.25, -0.2) is 0 Å². The minimum atomic E-state index is -0.613. The lowest BCUT2D eigenvalue weighted by molar-refractivity contribution is -0.144. The van der Waals surface area contributed by atoms with Crippen molar-refractivity contribution in [2.24, 2.45) is 17.3 Å². The highest BCUT2D eigenvalue weighted by Gasteiger charge is 2.51. The topological polar surface area (TPSA) is 37.3 Å². The van der Waals surface area contributed by atoms with Crippen molar-refractivity contribution in [3.63, 3.8) is 0 Å². The van der Waals surface area contributed by atoms with Gasteiger partial charge in [-0.2, -0.15) is 0 Å². The molecule has 2 aliphatic rings. The summed E-state index contributed by atoms with van der Waals surface area (Å²) in [6.45, 7) is 4.18. The average Bonchev–Trinajstić information content (AvgIpc) is 2.58. The summed E-state index contributed by atoms with van der Waals surface area (Å²) in [5.41, 5.74) is -0.0463. The number of carbonyl (C=O) groups is 1. The molecule has 2 bridgehead atoms. The first-order valence-corrected chi connectivity index (χ1v) is 5.25. The highest BCUT2D eigenvalue weighted by molar-refractivity contribution is 5.72. The third kappa shape index (κ3) is 1.37. The quantitative estimate of drug-likeness (QED) is 0.700. The van der Waals surface area contributed by atoms with Crippen LogP contribution in [0.25, 0.3) is 0 Å². The van der Waals surface area contributed by atoms with Gasteiger partial charge >= 0.3 is 5.97 Å². The number of carboxylic acid groups (broad SMARTS) is 1. The Morgan fingerprint density at radius 2 is 2.29 bits per heavy atom. The molecule has 77 valence electrons. The van der Waals surface area contributed by atoms with Gasteiger partial charge in [0.1, 0.15) is 0 Å². The predicted octanol–water partition coefficient (Wildman–Crippen LogP) is 2.66. The van der Waals surface area contributed by atoms with Crippen LogP contribution >= 0.6 is 0 Å². The first-order valence-electron chi connectivity index (χ1n) is 5.25. The summed E-state index contributed by atoms with van der Waals surface area (Å²) < 4.78 is 0. The Morgan fingerprint density at radius 1 is 1.57 bits per heavy atom. The Bertz CT molecular complexity index is 280. The molecule has 2 rings (SSSR count). The second-order valence-corrected chi connectivity index (χ2v) is 5.07. The molecule has 1 radical (unpaired) electrons. The van der Waals surface area contributed by atoms with Crippen molar-refractivity contribution in [3.8, 4) is 0 Å². The zero-order valence-corrected chi connectivity index (χ0v) is 8.79. The molecule has 0 aromatic rings. The monoisotopic (exact) mass is 193 g/mol. The summed E-state index contributed by atoms with van der Waals surface area (Å²) in [6, 6.07) is 0. The number of fused-ring (bicyclic) bond motifs is 2. The van der Waals surface area contributed by atoms with Crippen LogP contribution in [0.1, 0.15) is 33.1 Å². The van der Waals surface area contributed by atoms with Crippen LogP contribution in [0.5, 0.6) is 0 Å². The second-order valence-electron chi connectivity index (χ2n) is 5.07. The molecule has 1 saturated carbocycles. The molecule has 0 aromatic carbocycles. The van der Waals surface area contributed by atoms with E-state index >= 15 is 0 Å². The van der Waals surface area contributed by atoms with E-state index in [9.17, 15) is 9.90 Å². The standard InChI is InChI=1S/C12H17O2/c1-8(2)6-12-4-3-9(7-12)5-10(12)11(13)14/h3-4,9-10H,5-7H2,1-2H3,(H,13,14). The van der Waals surface area contributed by atoms with Crippen molar-refractivity contribution in [1.82, 2.24) is 0 Å². The molecule has 1 N–H and O–H groups in total. The molecular formula is C12H17O2. The van der Waals surface area contributed by atoms with Gasteiger partial charge in [0.25, 0.3) is 0 Å². The van der Waals surface area contributed by atoms with Crippen molar-refractivity contribution in [2.45, 2.75) is 33.1 Å². The van der Waals surface area contributed by atoms with Gasteiger partial charge in [0.05, 0.1) is 5.92 Å². The Balaban J connectivity index is 2.22. The largest absolute Gasteiger partial charge is 0.481 e. The first kappa shape index (κ1) is 9.75. The van der Waals surface area contributed by atoms with Gasteiger partial charge in [-0.1, -0.05) is 26.0 Å². The zero-order chi connectivity index (χ0) is 10.3. The van der Waals surface area contributed by atoms with E-state index in [2.05, 4.69) is 26.0 Å². The number of carboxylic acids is 1. The maximum atomic E-state index is 11.1. The molecule has 1 fully saturated rings. The smallest absolute Gasteiger partial charge is 0.307 e. The summed E-state index contributed by atoms with van der Waals surface area (Å²) >= 11 is 0. The molecule has 0 aliphatic heterocycles. The molecule has 0 heterocycles. The van der Waals surface area contributed by atoms with Gasteiger partial charge < -0.3 is 5.11 Å². The number of hydrogen-bond acceptors (Lipinski definition) is 1. The molecule has 2 nitrogen and oxygen atoms in total. The summed E-state index contributed by atoms with van der Waals surface area (Å²) in [6.07, 6.45) is 7.21. The Morgan fingerprint density at radius 3 is 2.79 bits per heavy atom. The number of rotatable bonds is 3. The van der Waals surface area contributed by atoms with Crippen molar-refractivity contribution in [1.29, 1.82) is 0 Å². The summed E-state index contributed by atoms with van der Waals surface area (Å²) in [7, 11) is 0. The van der Waals surface area contributed by atoms with Gasteiger partial charge in [-0.05, 0) is 31.1 Å². The molecule has 2 heteroatoms. The molecule has 14 heavy (non-hydrogen) atoms. The minimum Gasteiger partial charge on any atom is -0.481 e. The van der Waals surface area contributed by atoms with E-state index < -0.39 is 5.97 Å². The van der Waals surface area contributed by atoms with Crippen LogP contribution in [0.2, 0.25) is 0 Å². The van der Waals surface area contributed by atoms with Gasteiger partial charge in [0, 0.05) is 5.41 Å². The lowest BCUT2D eigenvalue weighted by Gasteiger charge is -2.31. The molecular weight excluding hydrogens is 176 g/mol. The lowest BCUT2D eigenvalue weighted by Crippen LogP contribution is -2.30. The van der Waals surface area contributed by atoms with Crippen LogP contribution < -0.4 is 0 Å². The van der Waals surface area contributed by atoms with Crippen molar-refractivity contribution >= 4 is 5.97 Å². The van der Waals surface area contributed by atoms with Crippen LogP contribution in [-0.4, -0.2) is 11.1 Å². The Kier molecular flexibility index (Phi) is 2.17. The third-order valence-corrected chi connectivity index (χ3v) is 3.56. The maximum Gasteiger partial charge on any atom is 0.307 e. The van der Waals surface area contributed by atoms with Gasteiger partial charge in [-0.3, -0.25) is 4.79 Å². The number of hydrogen-bond donors (Lipinski definition) is 1. The molecule has 0 spiro atoms. The fourth-order valence-corrected chi connectivity index (χ4v) is 3.17. The van der Waals surface area contributed by atoms with Gasteiger partial charge in [0.2, 0.25) is 0 Å². The molecule has 0 aromatic heterocycles. The van der Waals surface area contributed by atoms with E-state index in [-0.39, 0.29) is 11.3 Å². The molecule has 2 aliphatic carbocycles. The van der Waals surface area contributed by atoms with Crippen molar-refractivity contribution in [2.75, 3.05) is 0 Å². The number of aliphatic carboxylic acids is 1. The van der Waals surface area contributed by atoms with Crippen molar-refractivity contribution in [3.05, 3.63) is 18.1 Å². The van der Waals surface area contributed by atoms with E-state index in [1.807, 2.05) is 0 Å². The van der Waals surface area contributed by atoms with Gasteiger partial charge in [0.15, 0.2) is 0 Å². The molecule has 0 amide bonds. The Labute approximate surface area is 85.0 Å². The third-order valence-electron chi connectivity index (χ3n) is 3.56. The molecule has 3 unspecified atom stereocenters. The van der Waals surface area contributed by atoms with Gasteiger partial charge in [-0.15, -0.1) is 0 Å². The highest BCUT2D eigenvalue weighted by Crippen LogP contribution is 2.56. The van der Waals surface area contributed by atoms with E-state index in [1.165, 1.54) is 5.92 Å². The fourth-order valence-electron chi connectivity index (χ4n) is 3.17. The van der Waals surface area contributed by atoms with Crippen LogP contribution in [0, 0.1) is 23.2 Å². The first-order chi connectivity index (χ1) is 6.53. The van der Waals surface area contributed by atoms with Crippen LogP contribution in [-0.2, 0) is 4.79 Å². The molecule has 3 atom stereocenters. The average molecular weight is 193 g/mol. The van der Waals surface area contributed by atoms with Crippen LogP contribution in [0.4, 0.5) is 0 Å². The highest BCUT2D eigenvalue weighted by atomic mass is 16.4. The number of allylic oxidation sites excluding steroid dienone is 2. The fraction of sp³-hybridized carbons (Fsp3) is 0.667. The van der Waals surface area contributed by atoms with Crippen LogP contribution in [0.3, 0.4) is 0 Å². The van der Waals surface area contributed by atoms with E-state index in [0.29, 0.717) is 5.92 Å². The summed E-state index contributed by atoms with van der Waals surface area (Å²) in [5.74, 6) is 1.10. The minimum absolute atomic E-state index is 0.0463. The molecule has 0 saturated heterocycles. The maximum absolute atomic E-state index is 11.1. The summed E-state index contributed by atoms with van der Waals surface area (Å²) in [4.78, 5) is 11.1. The predicted molar refractivity (Wildman–Crippen MR) is 54.6 cm³/mol. The van der Waals surface area contributed by atoms with E-state index in [4.69, 9.17) is 0 Å². The van der Waals surface area contributed by atoms with Crippen molar-refractivity contribution < 1.29 is 9.90 Å². The summed E-state index contributed by atoms with van der Waals surface area (Å²) in [5, 5.41) is 9.17. The normalized spacial score (nSPS) is 39.6. The second kappa shape index (κ2) is 3.11. The van der Waals surface area contributed by atoms with E-state index in [1.54, 1.807) is 0 Å².